The molecular formula is C21H20ClN3O3. The second-order valence-electron chi connectivity index (χ2n) is 6.60. The number of furan rings is 1. The molecule has 7 heteroatoms. The maximum Gasteiger partial charge on any atom is 0.257 e. The van der Waals surface area contributed by atoms with Crippen LogP contribution in [-0.4, -0.2) is 35.8 Å². The fourth-order valence-electron chi connectivity index (χ4n) is 2.81. The summed E-state index contributed by atoms with van der Waals surface area (Å²) in [5.74, 6) is 0.883. The monoisotopic (exact) mass is 397 g/mol. The molecule has 2 heterocycles. The Kier molecular flexibility index (Phi) is 5.51. The van der Waals surface area contributed by atoms with E-state index in [4.69, 9.17) is 16.0 Å². The normalized spacial score (nSPS) is 10.6. The van der Waals surface area contributed by atoms with Gasteiger partial charge in [0.1, 0.15) is 17.3 Å². The molecule has 1 N–H and O–H groups in total. The summed E-state index contributed by atoms with van der Waals surface area (Å²) in [7, 11) is 3.36. The van der Waals surface area contributed by atoms with Gasteiger partial charge < -0.3 is 14.6 Å². The van der Waals surface area contributed by atoms with Crippen molar-refractivity contribution in [3.8, 4) is 22.6 Å². The fourth-order valence-corrected chi connectivity index (χ4v) is 3.03. The summed E-state index contributed by atoms with van der Waals surface area (Å²) in [4.78, 5) is 29.8. The number of amides is 2. The van der Waals surface area contributed by atoms with E-state index in [0.29, 0.717) is 33.5 Å². The lowest BCUT2D eigenvalue weighted by molar-refractivity contribution is -0.114. The highest BCUT2D eigenvalue weighted by Crippen LogP contribution is 2.37. The van der Waals surface area contributed by atoms with Gasteiger partial charge in [-0.1, -0.05) is 23.7 Å². The molecule has 0 aliphatic carbocycles. The number of carbonyl (C=O) groups is 2. The summed E-state index contributed by atoms with van der Waals surface area (Å²) in [6.07, 6.45) is 1.64. The number of carbonyl (C=O) groups excluding carboxylic acids is 2. The van der Waals surface area contributed by atoms with Crippen molar-refractivity contribution in [1.29, 1.82) is 0 Å². The summed E-state index contributed by atoms with van der Waals surface area (Å²) < 4.78 is 6.11. The molecule has 0 aliphatic heterocycles. The van der Waals surface area contributed by atoms with E-state index in [2.05, 4.69) is 10.3 Å². The summed E-state index contributed by atoms with van der Waals surface area (Å²) >= 11 is 6.34. The number of nitrogens with one attached hydrogen (secondary N) is 1. The van der Waals surface area contributed by atoms with Crippen LogP contribution in [-0.2, 0) is 4.79 Å². The van der Waals surface area contributed by atoms with Gasteiger partial charge in [-0.3, -0.25) is 9.59 Å². The van der Waals surface area contributed by atoms with Crippen LogP contribution in [0.1, 0.15) is 22.8 Å². The van der Waals surface area contributed by atoms with Gasteiger partial charge in [-0.2, -0.15) is 0 Å². The molecular weight excluding hydrogens is 378 g/mol. The minimum absolute atomic E-state index is 0.196. The van der Waals surface area contributed by atoms with Crippen LogP contribution in [0.25, 0.3) is 22.6 Å². The van der Waals surface area contributed by atoms with Crippen LogP contribution < -0.4 is 5.32 Å². The molecule has 3 rings (SSSR count). The molecule has 0 unspecified atom stereocenters. The van der Waals surface area contributed by atoms with Gasteiger partial charge in [-0.25, -0.2) is 4.98 Å². The minimum atomic E-state index is -0.220. The number of pyridine rings is 1. The Morgan fingerprint density at radius 2 is 1.86 bits per heavy atom. The highest BCUT2D eigenvalue weighted by molar-refractivity contribution is 6.33. The Hall–Kier alpha value is -3.12. The number of nitrogens with zero attached hydrogens (tertiary/aromatic N) is 2. The average Bonchev–Trinajstić information content (AvgIpc) is 3.07. The first-order chi connectivity index (χ1) is 13.3. The Labute approximate surface area is 168 Å². The number of aromatic nitrogens is 1. The standard InChI is InChI=1S/C21H20ClN3O3/c1-12-11-23-19(24-13(2)26)10-15(12)18-9-16(21(27)25(3)4)20(28-18)14-7-5-6-8-17(14)22/h5-11H,1-4H3,(H,23,24,26). The molecule has 144 valence electrons. The Balaban J connectivity index is 2.19. The van der Waals surface area contributed by atoms with E-state index in [0.717, 1.165) is 11.1 Å². The molecule has 1 aromatic carbocycles. The highest BCUT2D eigenvalue weighted by atomic mass is 35.5. The third-order valence-corrected chi connectivity index (χ3v) is 4.49. The van der Waals surface area contributed by atoms with Crippen LogP contribution in [0.3, 0.4) is 0 Å². The number of benzene rings is 1. The molecule has 0 saturated carbocycles. The Morgan fingerprint density at radius 1 is 1.14 bits per heavy atom. The van der Waals surface area contributed by atoms with E-state index < -0.39 is 0 Å². The molecule has 0 radical (unpaired) electrons. The van der Waals surface area contributed by atoms with Crippen LogP contribution in [0.2, 0.25) is 5.02 Å². The van der Waals surface area contributed by atoms with E-state index in [1.54, 1.807) is 44.6 Å². The Morgan fingerprint density at radius 3 is 2.50 bits per heavy atom. The molecule has 0 atom stereocenters. The van der Waals surface area contributed by atoms with Gasteiger partial charge in [0.25, 0.3) is 5.91 Å². The van der Waals surface area contributed by atoms with Gasteiger partial charge in [0, 0.05) is 38.3 Å². The second-order valence-corrected chi connectivity index (χ2v) is 7.01. The molecule has 0 saturated heterocycles. The zero-order valence-corrected chi connectivity index (χ0v) is 16.8. The third kappa shape index (κ3) is 3.92. The van der Waals surface area contributed by atoms with Crippen molar-refractivity contribution in [2.75, 3.05) is 19.4 Å². The molecule has 28 heavy (non-hydrogen) atoms. The number of hydrogen-bond donors (Lipinski definition) is 1. The smallest absolute Gasteiger partial charge is 0.257 e. The van der Waals surface area contributed by atoms with Crippen molar-refractivity contribution in [3.63, 3.8) is 0 Å². The maximum atomic E-state index is 12.7. The zero-order valence-electron chi connectivity index (χ0n) is 16.0. The van der Waals surface area contributed by atoms with Crippen molar-refractivity contribution in [2.45, 2.75) is 13.8 Å². The predicted molar refractivity (Wildman–Crippen MR) is 109 cm³/mol. The third-order valence-electron chi connectivity index (χ3n) is 4.16. The number of rotatable bonds is 4. The van der Waals surface area contributed by atoms with Gasteiger partial charge in [0.15, 0.2) is 0 Å². The highest BCUT2D eigenvalue weighted by Gasteiger charge is 2.23. The van der Waals surface area contributed by atoms with Crippen molar-refractivity contribution in [3.05, 3.63) is 58.7 Å². The van der Waals surface area contributed by atoms with Crippen LogP contribution in [0, 0.1) is 6.92 Å². The van der Waals surface area contributed by atoms with Crippen LogP contribution in [0.5, 0.6) is 0 Å². The zero-order chi connectivity index (χ0) is 20.4. The lowest BCUT2D eigenvalue weighted by Crippen LogP contribution is -2.21. The van der Waals surface area contributed by atoms with Gasteiger partial charge >= 0.3 is 0 Å². The van der Waals surface area contributed by atoms with Gasteiger partial charge in [-0.05, 0) is 36.8 Å². The summed E-state index contributed by atoms with van der Waals surface area (Å²) in [6, 6.07) is 10.6. The lowest BCUT2D eigenvalue weighted by atomic mass is 10.1. The van der Waals surface area contributed by atoms with Gasteiger partial charge in [0.2, 0.25) is 5.91 Å². The van der Waals surface area contributed by atoms with Gasteiger partial charge in [-0.15, -0.1) is 0 Å². The van der Waals surface area contributed by atoms with Crippen LogP contribution in [0.15, 0.2) is 47.0 Å². The van der Waals surface area contributed by atoms with E-state index in [1.807, 2.05) is 19.1 Å². The lowest BCUT2D eigenvalue weighted by Gasteiger charge is -2.10. The number of anilines is 1. The number of aryl methyl sites for hydroxylation is 1. The molecule has 3 aromatic rings. The second kappa shape index (κ2) is 7.86. The molecule has 2 amide bonds. The van der Waals surface area contributed by atoms with Gasteiger partial charge in [0.05, 0.1) is 10.6 Å². The molecule has 0 aliphatic rings. The van der Waals surface area contributed by atoms with E-state index in [1.165, 1.54) is 11.8 Å². The maximum absolute atomic E-state index is 12.7. The number of hydrogen-bond acceptors (Lipinski definition) is 4. The number of halogens is 1. The van der Waals surface area contributed by atoms with Crippen LogP contribution in [0.4, 0.5) is 5.82 Å². The molecule has 0 fully saturated rings. The Bertz CT molecular complexity index is 1060. The van der Waals surface area contributed by atoms with E-state index in [9.17, 15) is 9.59 Å². The SMILES string of the molecule is CC(=O)Nc1cc(-c2cc(C(=O)N(C)C)c(-c3ccccc3Cl)o2)c(C)cn1. The van der Waals surface area contributed by atoms with Crippen molar-refractivity contribution in [1.82, 2.24) is 9.88 Å². The first-order valence-electron chi connectivity index (χ1n) is 8.63. The topological polar surface area (TPSA) is 75.4 Å². The molecule has 6 nitrogen and oxygen atoms in total. The molecule has 2 aromatic heterocycles. The minimum Gasteiger partial charge on any atom is -0.455 e. The summed E-state index contributed by atoms with van der Waals surface area (Å²) in [5.41, 5.74) is 2.61. The predicted octanol–water partition coefficient (Wildman–Crippen LogP) is 4.63. The summed E-state index contributed by atoms with van der Waals surface area (Å²) in [5, 5.41) is 3.14. The van der Waals surface area contributed by atoms with Crippen molar-refractivity contribution >= 4 is 29.2 Å². The summed E-state index contributed by atoms with van der Waals surface area (Å²) in [6.45, 7) is 3.29. The quantitative estimate of drug-likeness (QED) is 0.696. The first-order valence-corrected chi connectivity index (χ1v) is 9.00. The van der Waals surface area contributed by atoms with E-state index in [-0.39, 0.29) is 11.8 Å². The van der Waals surface area contributed by atoms with Crippen LogP contribution >= 0.6 is 11.6 Å². The largest absolute Gasteiger partial charge is 0.455 e. The molecule has 0 bridgehead atoms. The van der Waals surface area contributed by atoms with Crippen molar-refractivity contribution < 1.29 is 14.0 Å². The fraction of sp³-hybridized carbons (Fsp3) is 0.190. The average molecular weight is 398 g/mol. The molecule has 0 spiro atoms. The van der Waals surface area contributed by atoms with Crippen molar-refractivity contribution in [2.24, 2.45) is 0 Å². The van der Waals surface area contributed by atoms with E-state index >= 15 is 0 Å². The first kappa shape index (κ1) is 19.6.